The molecule has 10 atom stereocenters. The molecule has 8 fully saturated rings. The van der Waals surface area contributed by atoms with Crippen LogP contribution >= 0.6 is 0 Å². The molecule has 0 amide bonds. The van der Waals surface area contributed by atoms with Crippen LogP contribution in [-0.4, -0.2) is 55.3 Å². The summed E-state index contributed by atoms with van der Waals surface area (Å²) in [5.41, 5.74) is 2.45. The summed E-state index contributed by atoms with van der Waals surface area (Å²) in [5.74, 6) is 3.77. The van der Waals surface area contributed by atoms with Gasteiger partial charge in [0, 0.05) is 24.7 Å². The zero-order valence-corrected chi connectivity index (χ0v) is 30.6. The van der Waals surface area contributed by atoms with Crippen LogP contribution in [0.2, 0.25) is 0 Å². The van der Waals surface area contributed by atoms with Crippen molar-refractivity contribution in [3.05, 3.63) is 12.2 Å². The maximum atomic E-state index is 12.3. The van der Waals surface area contributed by atoms with Crippen LogP contribution in [0.5, 0.6) is 0 Å². The number of quaternary nitrogens is 1. The third-order valence-corrected chi connectivity index (χ3v) is 17.5. The first-order valence-corrected chi connectivity index (χ1v) is 19.4. The van der Waals surface area contributed by atoms with Gasteiger partial charge in [0.2, 0.25) is 0 Å². The smallest absolute Gasteiger partial charge is 0.302 e. The molecule has 5 saturated carbocycles. The van der Waals surface area contributed by atoms with Crippen LogP contribution in [0, 0.1) is 62.6 Å². The van der Waals surface area contributed by atoms with Gasteiger partial charge in [-0.2, -0.15) is 0 Å². The van der Waals surface area contributed by atoms with E-state index >= 15 is 0 Å². The van der Waals surface area contributed by atoms with Gasteiger partial charge in [-0.05, 0) is 141 Å². The number of esters is 2. The summed E-state index contributed by atoms with van der Waals surface area (Å²) in [6.45, 7) is 26.9. The quantitative estimate of drug-likeness (QED) is 0.166. The Bertz CT molecular complexity index is 1230. The Morgan fingerprint density at radius 2 is 1.43 bits per heavy atom. The molecule has 0 aromatic rings. The standard InChI is InChI=1S/C41H66NO4/c1-27(25-42-22-14-30(15-23-42)16-24-42)31-11-19-41(26-45-28(2)43)21-20-39(7)32(36(31)41)9-10-34-38(6)17-13-35(46-29(3)44)37(4,5)33(38)12-18-40(34,39)8/h30-36H,1,9-26H2,2-8H3/q+1/t30?,31-,32?,33?,34?,35-,36?,38-,39+,40+,41+,42?/m0/s1. The fourth-order valence-electron chi connectivity index (χ4n) is 15.0. The molecule has 0 aromatic heterocycles. The number of hydrogen-bond donors (Lipinski definition) is 0. The second-order valence-corrected chi connectivity index (χ2v) is 19.5. The van der Waals surface area contributed by atoms with Gasteiger partial charge in [0.25, 0.3) is 0 Å². The summed E-state index contributed by atoms with van der Waals surface area (Å²) in [6.07, 6.45) is 16.4. The third kappa shape index (κ3) is 4.76. The minimum Gasteiger partial charge on any atom is -0.465 e. The Morgan fingerprint density at radius 1 is 0.739 bits per heavy atom. The molecule has 8 rings (SSSR count). The van der Waals surface area contributed by atoms with Crippen molar-refractivity contribution in [2.24, 2.45) is 62.6 Å². The predicted molar refractivity (Wildman–Crippen MR) is 183 cm³/mol. The maximum absolute atomic E-state index is 12.3. The number of carbonyl (C=O) groups excluding carboxylic acids is 2. The molecule has 2 bridgehead atoms. The number of rotatable bonds is 6. The molecule has 0 radical (unpaired) electrons. The van der Waals surface area contributed by atoms with Crippen LogP contribution < -0.4 is 0 Å². The van der Waals surface area contributed by atoms with E-state index in [0.29, 0.717) is 36.2 Å². The van der Waals surface area contributed by atoms with Gasteiger partial charge in [0.15, 0.2) is 0 Å². The summed E-state index contributed by atoms with van der Waals surface area (Å²) in [4.78, 5) is 24.3. The monoisotopic (exact) mass is 636 g/mol. The first-order valence-electron chi connectivity index (χ1n) is 19.4. The molecule has 4 unspecified atom stereocenters. The highest BCUT2D eigenvalue weighted by Gasteiger charge is 2.71. The Morgan fingerprint density at radius 3 is 2.09 bits per heavy atom. The van der Waals surface area contributed by atoms with Crippen LogP contribution in [0.15, 0.2) is 12.2 Å². The number of carbonyl (C=O) groups is 2. The first kappa shape index (κ1) is 33.2. The molecular formula is C41H66NO4+. The van der Waals surface area contributed by atoms with Crippen molar-refractivity contribution in [3.8, 4) is 0 Å². The predicted octanol–water partition coefficient (Wildman–Crippen LogP) is 8.75. The average molecular weight is 637 g/mol. The summed E-state index contributed by atoms with van der Waals surface area (Å²) < 4.78 is 13.3. The van der Waals surface area contributed by atoms with E-state index in [4.69, 9.17) is 16.1 Å². The molecular weight excluding hydrogens is 570 g/mol. The highest BCUT2D eigenvalue weighted by atomic mass is 16.5. The number of nitrogens with zero attached hydrogens (tertiary/aromatic N) is 1. The zero-order chi connectivity index (χ0) is 32.9. The van der Waals surface area contributed by atoms with Crippen molar-refractivity contribution in [2.45, 2.75) is 138 Å². The van der Waals surface area contributed by atoms with E-state index in [2.05, 4.69) is 34.6 Å². The minimum absolute atomic E-state index is 0.00624. The molecule has 3 saturated heterocycles. The van der Waals surface area contributed by atoms with Gasteiger partial charge >= 0.3 is 11.9 Å². The Kier molecular flexibility index (Phi) is 7.98. The lowest BCUT2D eigenvalue weighted by Gasteiger charge is -2.73. The van der Waals surface area contributed by atoms with E-state index in [1.54, 1.807) is 13.8 Å². The fourth-order valence-corrected chi connectivity index (χ4v) is 15.0. The van der Waals surface area contributed by atoms with E-state index in [1.807, 2.05) is 0 Å². The summed E-state index contributed by atoms with van der Waals surface area (Å²) in [6, 6.07) is 0. The van der Waals surface area contributed by atoms with Crippen molar-refractivity contribution in [2.75, 3.05) is 32.8 Å². The number of ether oxygens (including phenoxy) is 2. The summed E-state index contributed by atoms with van der Waals surface area (Å²) in [5, 5.41) is 0. The van der Waals surface area contributed by atoms with E-state index in [9.17, 15) is 9.59 Å². The molecule has 0 spiro atoms. The molecule has 0 aromatic carbocycles. The SMILES string of the molecule is C=C(C[N+]12CCC(CC1)CC2)[C@@H]1CC[C@]2(COC(C)=O)CC[C@]3(C)C(CCC4[C@@]5(C)CC[C@H](OC(C)=O)C(C)(C)C5CC[C@]43C)C12. The Labute approximate surface area is 280 Å². The van der Waals surface area contributed by atoms with Crippen LogP contribution in [0.25, 0.3) is 0 Å². The molecule has 5 nitrogen and oxygen atoms in total. The number of fused-ring (bicyclic) bond motifs is 10. The van der Waals surface area contributed by atoms with E-state index in [0.717, 1.165) is 12.3 Å². The fraction of sp³-hybridized carbons (Fsp3) is 0.902. The van der Waals surface area contributed by atoms with Gasteiger partial charge < -0.3 is 14.0 Å². The molecule has 46 heavy (non-hydrogen) atoms. The molecule has 3 aliphatic heterocycles. The Balaban J connectivity index is 1.20. The molecule has 8 aliphatic rings. The average Bonchev–Trinajstić information content (AvgIpc) is 3.39. The molecule has 258 valence electrons. The maximum Gasteiger partial charge on any atom is 0.302 e. The summed E-state index contributed by atoms with van der Waals surface area (Å²) >= 11 is 0. The van der Waals surface area contributed by atoms with Crippen molar-refractivity contribution in [3.63, 3.8) is 0 Å². The van der Waals surface area contributed by atoms with Crippen molar-refractivity contribution < 1.29 is 23.5 Å². The van der Waals surface area contributed by atoms with E-state index < -0.39 is 0 Å². The van der Waals surface area contributed by atoms with Crippen LogP contribution in [0.4, 0.5) is 0 Å². The lowest BCUT2D eigenvalue weighted by molar-refractivity contribution is -0.938. The zero-order valence-electron chi connectivity index (χ0n) is 30.6. The van der Waals surface area contributed by atoms with Gasteiger partial charge in [-0.15, -0.1) is 0 Å². The highest BCUT2D eigenvalue weighted by Crippen LogP contribution is 2.77. The second-order valence-electron chi connectivity index (χ2n) is 19.5. The van der Waals surface area contributed by atoms with Crippen molar-refractivity contribution in [1.82, 2.24) is 0 Å². The van der Waals surface area contributed by atoms with Crippen molar-refractivity contribution in [1.29, 1.82) is 0 Å². The first-order chi connectivity index (χ1) is 21.6. The molecule has 5 heteroatoms. The van der Waals surface area contributed by atoms with Gasteiger partial charge in [0.1, 0.15) is 12.6 Å². The van der Waals surface area contributed by atoms with Gasteiger partial charge in [0.05, 0.1) is 26.2 Å². The minimum atomic E-state index is -0.128. The molecule has 0 N–H and O–H groups in total. The highest BCUT2D eigenvalue weighted by molar-refractivity contribution is 5.66. The van der Waals surface area contributed by atoms with Crippen molar-refractivity contribution >= 4 is 11.9 Å². The van der Waals surface area contributed by atoms with Crippen LogP contribution in [-0.2, 0) is 19.1 Å². The van der Waals surface area contributed by atoms with E-state index in [-0.39, 0.29) is 45.1 Å². The van der Waals surface area contributed by atoms with Crippen LogP contribution in [0.1, 0.15) is 132 Å². The van der Waals surface area contributed by atoms with E-state index in [1.165, 1.54) is 113 Å². The lowest BCUT2D eigenvalue weighted by atomic mass is 9.32. The Hall–Kier alpha value is -1.36. The summed E-state index contributed by atoms with van der Waals surface area (Å²) in [7, 11) is 0. The largest absolute Gasteiger partial charge is 0.465 e. The van der Waals surface area contributed by atoms with Crippen LogP contribution in [0.3, 0.4) is 0 Å². The molecule has 5 aliphatic carbocycles. The van der Waals surface area contributed by atoms with Gasteiger partial charge in [-0.1, -0.05) is 41.2 Å². The van der Waals surface area contributed by atoms with Gasteiger partial charge in [-0.25, -0.2) is 0 Å². The van der Waals surface area contributed by atoms with Gasteiger partial charge in [-0.3, -0.25) is 9.59 Å². The number of piperidine rings is 3. The molecule has 3 heterocycles. The normalized spacial score (nSPS) is 50.4. The number of hydrogen-bond acceptors (Lipinski definition) is 4. The third-order valence-electron chi connectivity index (χ3n) is 17.5. The topological polar surface area (TPSA) is 52.6 Å². The second kappa shape index (κ2) is 11.1. The lowest BCUT2D eigenvalue weighted by Crippen LogP contribution is -2.67.